The molecular formula is C12H23NO5. The summed E-state index contributed by atoms with van der Waals surface area (Å²) in [5.74, 6) is -0.102. The number of nitrogens with zero attached hydrogens (tertiary/aromatic N) is 1. The maximum atomic E-state index is 11.1. The fourth-order valence-electron chi connectivity index (χ4n) is 1.75. The Balaban J connectivity index is 1.77. The van der Waals surface area contributed by atoms with Crippen LogP contribution in [0.4, 0.5) is 0 Å². The first-order chi connectivity index (χ1) is 8.84. The van der Waals surface area contributed by atoms with Gasteiger partial charge in [-0.25, -0.2) is 4.89 Å². The van der Waals surface area contributed by atoms with Gasteiger partial charge in [0.25, 0.3) is 0 Å². The van der Waals surface area contributed by atoms with Gasteiger partial charge < -0.3 is 0 Å². The van der Waals surface area contributed by atoms with Crippen LogP contribution in [0.1, 0.15) is 58.3 Å². The third-order valence-corrected chi connectivity index (χ3v) is 2.81. The van der Waals surface area contributed by atoms with Crippen LogP contribution in [-0.2, 0) is 24.7 Å². The van der Waals surface area contributed by atoms with Crippen LogP contribution in [0.3, 0.4) is 0 Å². The van der Waals surface area contributed by atoms with E-state index in [4.69, 9.17) is 4.89 Å². The maximum Gasteiger partial charge on any atom is 0.248 e. The highest BCUT2D eigenvalue weighted by atomic mass is 17.7. The molecule has 0 N–H and O–H groups in total. The van der Waals surface area contributed by atoms with Crippen LogP contribution in [0.25, 0.3) is 0 Å². The zero-order valence-corrected chi connectivity index (χ0v) is 11.1. The van der Waals surface area contributed by atoms with E-state index in [1.165, 1.54) is 25.7 Å². The van der Waals surface area contributed by atoms with Crippen molar-refractivity contribution < 1.29 is 24.7 Å². The number of carbonyl (C=O) groups is 1. The SMILES string of the molecule is CCCCCCCCOOOON1CCCC1=O. The Hall–Kier alpha value is -0.690. The Labute approximate surface area is 108 Å². The van der Waals surface area contributed by atoms with Gasteiger partial charge in [0.1, 0.15) is 0 Å². The predicted molar refractivity (Wildman–Crippen MR) is 63.5 cm³/mol. The topological polar surface area (TPSA) is 57.2 Å². The molecule has 106 valence electrons. The van der Waals surface area contributed by atoms with E-state index in [2.05, 4.69) is 22.0 Å². The van der Waals surface area contributed by atoms with Gasteiger partial charge in [-0.05, 0) is 22.9 Å². The van der Waals surface area contributed by atoms with Crippen molar-refractivity contribution in [3.05, 3.63) is 0 Å². The van der Waals surface area contributed by atoms with Crippen molar-refractivity contribution in [1.29, 1.82) is 0 Å². The van der Waals surface area contributed by atoms with Crippen molar-refractivity contribution in [3.8, 4) is 0 Å². The van der Waals surface area contributed by atoms with E-state index < -0.39 is 0 Å². The number of hydrogen-bond acceptors (Lipinski definition) is 5. The summed E-state index contributed by atoms with van der Waals surface area (Å²) >= 11 is 0. The van der Waals surface area contributed by atoms with Crippen LogP contribution in [0.15, 0.2) is 0 Å². The molecular weight excluding hydrogens is 238 g/mol. The molecule has 0 aliphatic carbocycles. The van der Waals surface area contributed by atoms with Gasteiger partial charge in [-0.1, -0.05) is 44.0 Å². The lowest BCUT2D eigenvalue weighted by Gasteiger charge is -2.10. The fourth-order valence-corrected chi connectivity index (χ4v) is 1.75. The lowest BCUT2D eigenvalue weighted by Crippen LogP contribution is -2.25. The summed E-state index contributed by atoms with van der Waals surface area (Å²) in [6.45, 7) is 3.18. The Morgan fingerprint density at radius 3 is 2.61 bits per heavy atom. The number of hydrogen-bond donors (Lipinski definition) is 0. The Bertz CT molecular complexity index is 225. The molecule has 0 unspecified atom stereocenters. The van der Waals surface area contributed by atoms with Crippen LogP contribution in [-0.4, -0.2) is 24.1 Å². The van der Waals surface area contributed by atoms with Crippen LogP contribution in [0.5, 0.6) is 0 Å². The number of unbranched alkanes of at least 4 members (excludes halogenated alkanes) is 5. The van der Waals surface area contributed by atoms with Crippen molar-refractivity contribution >= 4 is 5.91 Å². The highest BCUT2D eigenvalue weighted by Crippen LogP contribution is 2.10. The normalized spacial score (nSPS) is 15.6. The van der Waals surface area contributed by atoms with Crippen LogP contribution in [0, 0.1) is 0 Å². The summed E-state index contributed by atoms with van der Waals surface area (Å²) in [7, 11) is 0. The second-order valence-corrected chi connectivity index (χ2v) is 4.40. The fraction of sp³-hybridized carbons (Fsp3) is 0.917. The summed E-state index contributed by atoms with van der Waals surface area (Å²) in [5.41, 5.74) is 0. The molecule has 0 aromatic carbocycles. The molecule has 1 rings (SSSR count). The summed E-state index contributed by atoms with van der Waals surface area (Å²) < 4.78 is 0. The molecule has 1 heterocycles. The molecule has 0 aromatic heterocycles. The monoisotopic (exact) mass is 261 g/mol. The number of carbonyl (C=O) groups excluding carboxylic acids is 1. The maximum absolute atomic E-state index is 11.1. The second kappa shape index (κ2) is 10.3. The minimum Gasteiger partial charge on any atom is -0.272 e. The average Bonchev–Trinajstić information content (AvgIpc) is 2.77. The first kappa shape index (κ1) is 15.4. The molecule has 18 heavy (non-hydrogen) atoms. The van der Waals surface area contributed by atoms with E-state index in [1.54, 1.807) is 0 Å². The van der Waals surface area contributed by atoms with Crippen molar-refractivity contribution in [2.24, 2.45) is 0 Å². The van der Waals surface area contributed by atoms with E-state index in [9.17, 15) is 4.79 Å². The first-order valence-corrected chi connectivity index (χ1v) is 6.78. The van der Waals surface area contributed by atoms with Crippen LogP contribution >= 0.6 is 0 Å². The molecule has 0 atom stereocenters. The molecule has 1 saturated heterocycles. The van der Waals surface area contributed by atoms with Crippen molar-refractivity contribution in [1.82, 2.24) is 5.06 Å². The molecule has 6 heteroatoms. The molecule has 0 aromatic rings. The third kappa shape index (κ3) is 6.90. The highest BCUT2D eigenvalue weighted by Gasteiger charge is 2.22. The van der Waals surface area contributed by atoms with Gasteiger partial charge in [0.2, 0.25) is 5.91 Å². The summed E-state index contributed by atoms with van der Waals surface area (Å²) in [6.07, 6.45) is 8.34. The second-order valence-electron chi connectivity index (χ2n) is 4.40. The third-order valence-electron chi connectivity index (χ3n) is 2.81. The molecule has 1 aliphatic heterocycles. The van der Waals surface area contributed by atoms with E-state index in [0.717, 1.165) is 24.3 Å². The van der Waals surface area contributed by atoms with Gasteiger partial charge in [0, 0.05) is 6.42 Å². The molecule has 1 aliphatic rings. The Morgan fingerprint density at radius 1 is 1.11 bits per heavy atom. The quantitative estimate of drug-likeness (QED) is 0.325. The zero-order chi connectivity index (χ0) is 13.1. The number of rotatable bonds is 11. The first-order valence-electron chi connectivity index (χ1n) is 6.78. The largest absolute Gasteiger partial charge is 0.272 e. The van der Waals surface area contributed by atoms with E-state index in [-0.39, 0.29) is 5.91 Å². The minimum absolute atomic E-state index is 0.102. The molecule has 1 amide bonds. The molecule has 0 radical (unpaired) electrons. The zero-order valence-electron chi connectivity index (χ0n) is 11.1. The van der Waals surface area contributed by atoms with Crippen molar-refractivity contribution in [2.75, 3.05) is 13.2 Å². The van der Waals surface area contributed by atoms with Gasteiger partial charge in [-0.3, -0.25) is 4.79 Å². The smallest absolute Gasteiger partial charge is 0.248 e. The molecule has 1 fully saturated rings. The molecule has 0 saturated carbocycles. The van der Waals surface area contributed by atoms with E-state index in [1.807, 2.05) is 0 Å². The van der Waals surface area contributed by atoms with Crippen LogP contribution in [0.2, 0.25) is 0 Å². The summed E-state index contributed by atoms with van der Waals surface area (Å²) in [4.78, 5) is 20.5. The Morgan fingerprint density at radius 2 is 1.89 bits per heavy atom. The molecule has 6 nitrogen and oxygen atoms in total. The standard InChI is InChI=1S/C12H23NO5/c1-2-3-4-5-6-7-11-15-17-18-16-13-10-8-9-12(13)14/h2-11H2,1H3. The van der Waals surface area contributed by atoms with Gasteiger partial charge in [0.05, 0.1) is 13.2 Å². The van der Waals surface area contributed by atoms with Gasteiger partial charge in [-0.2, -0.15) is 5.06 Å². The van der Waals surface area contributed by atoms with Gasteiger partial charge >= 0.3 is 0 Å². The summed E-state index contributed by atoms with van der Waals surface area (Å²) in [6, 6.07) is 0. The number of amides is 1. The van der Waals surface area contributed by atoms with E-state index in [0.29, 0.717) is 19.6 Å². The Kier molecular flexibility index (Phi) is 8.75. The lowest BCUT2D eigenvalue weighted by atomic mass is 10.1. The van der Waals surface area contributed by atoms with Gasteiger partial charge in [0.15, 0.2) is 0 Å². The molecule has 0 bridgehead atoms. The lowest BCUT2D eigenvalue weighted by molar-refractivity contribution is -0.667. The molecule has 0 spiro atoms. The minimum atomic E-state index is -0.102. The van der Waals surface area contributed by atoms with Crippen molar-refractivity contribution in [2.45, 2.75) is 58.3 Å². The number of hydroxylamine groups is 2. The predicted octanol–water partition coefficient (Wildman–Crippen LogP) is 2.70. The van der Waals surface area contributed by atoms with Gasteiger partial charge in [-0.15, -0.1) is 0 Å². The van der Waals surface area contributed by atoms with E-state index >= 15 is 0 Å². The highest BCUT2D eigenvalue weighted by molar-refractivity contribution is 5.76. The summed E-state index contributed by atoms with van der Waals surface area (Å²) in [5, 5.41) is 9.79. The van der Waals surface area contributed by atoms with Crippen LogP contribution < -0.4 is 0 Å². The van der Waals surface area contributed by atoms with Crippen molar-refractivity contribution in [3.63, 3.8) is 0 Å². The average molecular weight is 261 g/mol.